The Balaban J connectivity index is 1.15. The fourth-order valence-electron chi connectivity index (χ4n) is 5.60. The van der Waals surface area contributed by atoms with E-state index in [0.717, 1.165) is 47.6 Å². The van der Waals surface area contributed by atoms with E-state index < -0.39 is 0 Å². The van der Waals surface area contributed by atoms with Crippen LogP contribution in [0.15, 0.2) is 47.3 Å². The fourth-order valence-corrected chi connectivity index (χ4v) is 5.60. The van der Waals surface area contributed by atoms with Crippen LogP contribution in [0.25, 0.3) is 22.2 Å². The van der Waals surface area contributed by atoms with Crippen molar-refractivity contribution in [1.29, 1.82) is 0 Å². The van der Waals surface area contributed by atoms with Crippen molar-refractivity contribution in [2.45, 2.75) is 57.5 Å². The van der Waals surface area contributed by atoms with E-state index in [4.69, 9.17) is 0 Å². The number of aryl methyl sites for hydroxylation is 1. The molecule has 2 heterocycles. The van der Waals surface area contributed by atoms with Gasteiger partial charge in [0.15, 0.2) is 0 Å². The minimum atomic E-state index is -0.242. The van der Waals surface area contributed by atoms with Crippen LogP contribution in [0.2, 0.25) is 0 Å². The summed E-state index contributed by atoms with van der Waals surface area (Å²) in [6, 6.07) is 13.3. The summed E-state index contributed by atoms with van der Waals surface area (Å²) in [4.78, 5) is 20.8. The van der Waals surface area contributed by atoms with Crippen LogP contribution in [0, 0.1) is 5.82 Å². The Morgan fingerprint density at radius 3 is 2.30 bits per heavy atom. The minimum absolute atomic E-state index is 0.0534. The van der Waals surface area contributed by atoms with Crippen LogP contribution >= 0.6 is 0 Å². The summed E-state index contributed by atoms with van der Waals surface area (Å²) >= 11 is 0. The standard InChI is InChI=1S/C27H35FN4O/c28-23-11-8-21(9-12-23)22-10-13-25-26(20-22)32(27(33)29-25)15-5-4-14-30-16-18-31(19-17-30)24-6-2-1-3-7-24/h8-13,20,24H,1-7,14-19H2,(H,29,33). The molecule has 2 aliphatic rings. The number of unbranched alkanes of at least 4 members (excludes halogenated alkanes) is 1. The molecule has 33 heavy (non-hydrogen) atoms. The Morgan fingerprint density at radius 1 is 0.848 bits per heavy atom. The number of H-pyrrole nitrogens is 1. The Labute approximate surface area is 195 Å². The lowest BCUT2D eigenvalue weighted by molar-refractivity contribution is 0.0780. The molecule has 2 fully saturated rings. The molecule has 2 aromatic carbocycles. The highest BCUT2D eigenvalue weighted by atomic mass is 19.1. The number of halogens is 1. The molecule has 1 aromatic heterocycles. The summed E-state index contributed by atoms with van der Waals surface area (Å²) in [5, 5.41) is 0. The second-order valence-electron chi connectivity index (χ2n) is 9.70. The van der Waals surface area contributed by atoms with E-state index in [9.17, 15) is 9.18 Å². The molecule has 0 bridgehead atoms. The third kappa shape index (κ3) is 5.22. The Kier molecular flexibility index (Phi) is 6.93. The third-order valence-corrected chi connectivity index (χ3v) is 7.56. The first kappa shape index (κ1) is 22.4. The maximum Gasteiger partial charge on any atom is 0.326 e. The van der Waals surface area contributed by atoms with Gasteiger partial charge in [-0.05, 0) is 67.6 Å². The molecule has 0 unspecified atom stereocenters. The quantitative estimate of drug-likeness (QED) is 0.523. The van der Waals surface area contributed by atoms with Gasteiger partial charge >= 0.3 is 5.69 Å². The first-order valence-corrected chi connectivity index (χ1v) is 12.6. The van der Waals surface area contributed by atoms with Crippen molar-refractivity contribution in [1.82, 2.24) is 19.4 Å². The molecule has 5 rings (SSSR count). The van der Waals surface area contributed by atoms with Crippen molar-refractivity contribution in [3.63, 3.8) is 0 Å². The van der Waals surface area contributed by atoms with E-state index in [1.165, 1.54) is 70.4 Å². The van der Waals surface area contributed by atoms with Gasteiger partial charge in [-0.25, -0.2) is 9.18 Å². The van der Waals surface area contributed by atoms with E-state index in [1.807, 2.05) is 22.8 Å². The minimum Gasteiger partial charge on any atom is -0.306 e. The van der Waals surface area contributed by atoms with Crippen LogP contribution in [0.3, 0.4) is 0 Å². The molecule has 1 aliphatic heterocycles. The second-order valence-corrected chi connectivity index (χ2v) is 9.70. The molecule has 0 amide bonds. The lowest BCUT2D eigenvalue weighted by atomic mass is 9.94. The molecule has 1 N–H and O–H groups in total. The van der Waals surface area contributed by atoms with Gasteiger partial charge in [-0.2, -0.15) is 0 Å². The molecule has 1 aliphatic carbocycles. The maximum absolute atomic E-state index is 13.3. The van der Waals surface area contributed by atoms with Crippen LogP contribution < -0.4 is 5.69 Å². The Morgan fingerprint density at radius 2 is 1.55 bits per heavy atom. The molecular weight excluding hydrogens is 415 g/mol. The van der Waals surface area contributed by atoms with Crippen LogP contribution in [0.1, 0.15) is 44.9 Å². The Bertz CT molecular complexity index is 1110. The highest BCUT2D eigenvalue weighted by molar-refractivity contribution is 5.82. The number of aromatic nitrogens is 2. The van der Waals surface area contributed by atoms with Crippen molar-refractivity contribution in [3.8, 4) is 11.1 Å². The molecule has 0 spiro atoms. The monoisotopic (exact) mass is 450 g/mol. The van der Waals surface area contributed by atoms with Gasteiger partial charge in [-0.15, -0.1) is 0 Å². The molecule has 3 aromatic rings. The number of hydrogen-bond donors (Lipinski definition) is 1. The number of nitrogens with zero attached hydrogens (tertiary/aromatic N) is 3. The number of hydrogen-bond acceptors (Lipinski definition) is 3. The smallest absolute Gasteiger partial charge is 0.306 e. The average molecular weight is 451 g/mol. The number of benzene rings is 2. The van der Waals surface area contributed by atoms with Crippen molar-refractivity contribution in [3.05, 3.63) is 58.8 Å². The van der Waals surface area contributed by atoms with Crippen LogP contribution in [0.4, 0.5) is 4.39 Å². The summed E-state index contributed by atoms with van der Waals surface area (Å²) < 4.78 is 15.1. The molecule has 5 nitrogen and oxygen atoms in total. The van der Waals surface area contributed by atoms with Crippen LogP contribution in [0.5, 0.6) is 0 Å². The van der Waals surface area contributed by atoms with Crippen molar-refractivity contribution >= 4 is 11.0 Å². The van der Waals surface area contributed by atoms with Gasteiger partial charge < -0.3 is 9.88 Å². The zero-order valence-corrected chi connectivity index (χ0v) is 19.4. The van der Waals surface area contributed by atoms with Gasteiger partial charge in [0.1, 0.15) is 5.82 Å². The van der Waals surface area contributed by atoms with E-state index in [-0.39, 0.29) is 11.5 Å². The lowest BCUT2D eigenvalue weighted by Gasteiger charge is -2.40. The van der Waals surface area contributed by atoms with Crippen LogP contribution in [-0.4, -0.2) is 58.1 Å². The van der Waals surface area contributed by atoms with Gasteiger partial charge in [0.05, 0.1) is 11.0 Å². The second kappa shape index (κ2) is 10.2. The van der Waals surface area contributed by atoms with Crippen molar-refractivity contribution in [2.75, 3.05) is 32.7 Å². The number of imidazole rings is 1. The normalized spacial score (nSPS) is 18.8. The summed E-state index contributed by atoms with van der Waals surface area (Å²) in [6.07, 6.45) is 9.09. The molecular formula is C27H35FN4O. The first-order valence-electron chi connectivity index (χ1n) is 12.6. The van der Waals surface area contributed by atoms with Gasteiger partial charge in [0.25, 0.3) is 0 Å². The molecule has 176 valence electrons. The van der Waals surface area contributed by atoms with E-state index in [2.05, 4.69) is 14.8 Å². The topological polar surface area (TPSA) is 44.3 Å². The summed E-state index contributed by atoms with van der Waals surface area (Å²) in [6.45, 7) is 6.58. The van der Waals surface area contributed by atoms with Gasteiger partial charge in [-0.3, -0.25) is 9.47 Å². The zero-order valence-electron chi connectivity index (χ0n) is 19.4. The van der Waals surface area contributed by atoms with Gasteiger partial charge in [0, 0.05) is 38.8 Å². The highest BCUT2D eigenvalue weighted by Crippen LogP contribution is 2.25. The first-order chi connectivity index (χ1) is 16.2. The lowest BCUT2D eigenvalue weighted by Crippen LogP contribution is -2.50. The average Bonchev–Trinajstić information content (AvgIpc) is 3.17. The van der Waals surface area contributed by atoms with Crippen LogP contribution in [-0.2, 0) is 6.54 Å². The summed E-state index contributed by atoms with van der Waals surface area (Å²) in [7, 11) is 0. The molecule has 0 atom stereocenters. The number of nitrogens with one attached hydrogen (secondary N) is 1. The molecule has 0 radical (unpaired) electrons. The molecule has 1 saturated heterocycles. The predicted octanol–water partition coefficient (Wildman–Crippen LogP) is 4.87. The van der Waals surface area contributed by atoms with Gasteiger partial charge in [0.2, 0.25) is 0 Å². The van der Waals surface area contributed by atoms with Crippen molar-refractivity contribution in [2.24, 2.45) is 0 Å². The maximum atomic E-state index is 13.3. The fraction of sp³-hybridized carbons (Fsp3) is 0.519. The summed E-state index contributed by atoms with van der Waals surface area (Å²) in [5.74, 6) is -0.242. The van der Waals surface area contributed by atoms with E-state index in [0.29, 0.717) is 6.54 Å². The SMILES string of the molecule is O=c1[nH]c2ccc(-c3ccc(F)cc3)cc2n1CCCCN1CCN(C2CCCCC2)CC1. The number of piperazine rings is 1. The number of fused-ring (bicyclic) bond motifs is 1. The highest BCUT2D eigenvalue weighted by Gasteiger charge is 2.24. The van der Waals surface area contributed by atoms with Crippen molar-refractivity contribution < 1.29 is 4.39 Å². The third-order valence-electron chi connectivity index (χ3n) is 7.56. The number of rotatable bonds is 7. The largest absolute Gasteiger partial charge is 0.326 e. The van der Waals surface area contributed by atoms with E-state index >= 15 is 0 Å². The summed E-state index contributed by atoms with van der Waals surface area (Å²) in [5.41, 5.74) is 3.66. The predicted molar refractivity (Wildman–Crippen MR) is 132 cm³/mol. The van der Waals surface area contributed by atoms with Gasteiger partial charge in [-0.1, -0.05) is 37.5 Å². The van der Waals surface area contributed by atoms with E-state index in [1.54, 1.807) is 12.1 Å². The number of aromatic amines is 1. The molecule has 6 heteroatoms. The zero-order chi connectivity index (χ0) is 22.6. The Hall–Kier alpha value is -2.44. The molecule has 1 saturated carbocycles.